The molecule has 0 radical (unpaired) electrons. The molecule has 0 amide bonds. The van der Waals surface area contributed by atoms with Gasteiger partial charge in [0.25, 0.3) is 0 Å². The Morgan fingerprint density at radius 3 is 2.17 bits per heavy atom. The maximum atomic E-state index is 9.95. The Morgan fingerprint density at radius 1 is 1.00 bits per heavy atom. The number of rotatable bonds is 3. The van der Waals surface area contributed by atoms with Gasteiger partial charge in [0.05, 0.1) is 6.54 Å². The van der Waals surface area contributed by atoms with E-state index in [-0.39, 0.29) is 0 Å². The quantitative estimate of drug-likeness (QED) is 0.594. The van der Waals surface area contributed by atoms with Gasteiger partial charge in [-0.15, -0.1) is 0 Å². The standard InChI is InChI=1S/C10H19NO/c12-11-9-8-10-6-4-2-1-3-5-7-10/h10H,1-9H2. The van der Waals surface area contributed by atoms with Crippen LogP contribution in [0, 0.1) is 10.8 Å². The number of nitroso groups, excluding NO2 is 1. The van der Waals surface area contributed by atoms with Crippen LogP contribution in [0.1, 0.15) is 51.4 Å². The lowest BCUT2D eigenvalue weighted by atomic mass is 9.89. The molecule has 2 nitrogen and oxygen atoms in total. The Bertz CT molecular complexity index is 117. The van der Waals surface area contributed by atoms with Crippen molar-refractivity contribution >= 4 is 0 Å². The molecule has 2 heteroatoms. The summed E-state index contributed by atoms with van der Waals surface area (Å²) in [4.78, 5) is 9.95. The second-order valence-electron chi connectivity index (χ2n) is 3.85. The number of nitrogens with zero attached hydrogens (tertiary/aromatic N) is 1. The molecular weight excluding hydrogens is 150 g/mol. The van der Waals surface area contributed by atoms with Crippen LogP contribution >= 0.6 is 0 Å². The molecule has 1 fully saturated rings. The zero-order valence-electron chi connectivity index (χ0n) is 7.80. The Labute approximate surface area is 74.7 Å². The molecule has 70 valence electrons. The van der Waals surface area contributed by atoms with E-state index in [4.69, 9.17) is 0 Å². The molecule has 0 aromatic rings. The summed E-state index contributed by atoms with van der Waals surface area (Å²) in [5.74, 6) is 0.794. The third kappa shape index (κ3) is 3.84. The molecule has 0 N–H and O–H groups in total. The molecule has 0 aromatic carbocycles. The Morgan fingerprint density at radius 2 is 1.58 bits per heavy atom. The van der Waals surface area contributed by atoms with Gasteiger partial charge in [-0.05, 0) is 12.3 Å². The van der Waals surface area contributed by atoms with E-state index in [0.29, 0.717) is 6.54 Å². The minimum absolute atomic E-state index is 0.532. The molecule has 0 heterocycles. The zero-order valence-corrected chi connectivity index (χ0v) is 7.80. The molecule has 1 saturated carbocycles. The van der Waals surface area contributed by atoms with E-state index in [2.05, 4.69) is 5.18 Å². The van der Waals surface area contributed by atoms with Gasteiger partial charge in [-0.2, -0.15) is 4.91 Å². The van der Waals surface area contributed by atoms with Crippen molar-refractivity contribution in [2.24, 2.45) is 11.1 Å². The normalized spacial score (nSPS) is 21.3. The fourth-order valence-corrected chi connectivity index (χ4v) is 2.06. The smallest absolute Gasteiger partial charge is 0.0813 e. The first kappa shape index (κ1) is 9.69. The van der Waals surface area contributed by atoms with E-state index in [1.807, 2.05) is 0 Å². The highest BCUT2D eigenvalue weighted by atomic mass is 16.3. The zero-order chi connectivity index (χ0) is 8.65. The molecule has 1 aliphatic rings. The third-order valence-electron chi connectivity index (χ3n) is 2.85. The predicted octanol–water partition coefficient (Wildman–Crippen LogP) is 3.50. The van der Waals surface area contributed by atoms with Crippen LogP contribution in [-0.4, -0.2) is 6.54 Å². The van der Waals surface area contributed by atoms with Crippen molar-refractivity contribution in [1.82, 2.24) is 0 Å². The van der Waals surface area contributed by atoms with E-state index in [1.54, 1.807) is 0 Å². The van der Waals surface area contributed by atoms with Gasteiger partial charge in [0.15, 0.2) is 0 Å². The van der Waals surface area contributed by atoms with Crippen molar-refractivity contribution in [3.05, 3.63) is 4.91 Å². The Hall–Kier alpha value is -0.400. The van der Waals surface area contributed by atoms with Crippen LogP contribution in [0.25, 0.3) is 0 Å². The van der Waals surface area contributed by atoms with Gasteiger partial charge in [0.2, 0.25) is 0 Å². The van der Waals surface area contributed by atoms with E-state index < -0.39 is 0 Å². The minimum Gasteiger partial charge on any atom is -0.151 e. The highest BCUT2D eigenvalue weighted by Gasteiger charge is 2.10. The maximum absolute atomic E-state index is 9.95. The second kappa shape index (κ2) is 6.15. The number of hydrogen-bond acceptors (Lipinski definition) is 2. The van der Waals surface area contributed by atoms with Gasteiger partial charge in [-0.25, -0.2) is 0 Å². The molecule has 12 heavy (non-hydrogen) atoms. The van der Waals surface area contributed by atoms with Crippen LogP contribution in [0.3, 0.4) is 0 Å². The molecule has 0 atom stereocenters. The highest BCUT2D eigenvalue weighted by Crippen LogP contribution is 2.24. The lowest BCUT2D eigenvalue weighted by Gasteiger charge is -2.17. The fraction of sp³-hybridized carbons (Fsp3) is 1.00. The van der Waals surface area contributed by atoms with Crippen LogP contribution in [0.15, 0.2) is 5.18 Å². The van der Waals surface area contributed by atoms with Crippen molar-refractivity contribution in [3.63, 3.8) is 0 Å². The Balaban J connectivity index is 2.15. The van der Waals surface area contributed by atoms with Crippen LogP contribution < -0.4 is 0 Å². The van der Waals surface area contributed by atoms with Gasteiger partial charge in [0.1, 0.15) is 0 Å². The molecule has 0 bridgehead atoms. The first-order valence-corrected chi connectivity index (χ1v) is 5.22. The highest BCUT2D eigenvalue weighted by molar-refractivity contribution is 4.64. The van der Waals surface area contributed by atoms with E-state index in [9.17, 15) is 4.91 Å². The van der Waals surface area contributed by atoms with Gasteiger partial charge in [0, 0.05) is 0 Å². The van der Waals surface area contributed by atoms with Crippen LogP contribution in [0.5, 0.6) is 0 Å². The van der Waals surface area contributed by atoms with Gasteiger partial charge < -0.3 is 0 Å². The maximum Gasteiger partial charge on any atom is 0.0813 e. The predicted molar refractivity (Wildman–Crippen MR) is 51.1 cm³/mol. The molecule has 1 aliphatic carbocycles. The molecule has 0 aliphatic heterocycles. The first-order chi connectivity index (χ1) is 5.93. The lowest BCUT2D eigenvalue weighted by Crippen LogP contribution is -2.04. The van der Waals surface area contributed by atoms with Gasteiger partial charge in [-0.1, -0.05) is 50.1 Å². The van der Waals surface area contributed by atoms with Crippen LogP contribution in [0.4, 0.5) is 0 Å². The molecule has 0 aromatic heterocycles. The van der Waals surface area contributed by atoms with Crippen LogP contribution in [0.2, 0.25) is 0 Å². The van der Waals surface area contributed by atoms with Crippen molar-refractivity contribution in [1.29, 1.82) is 0 Å². The molecule has 0 saturated heterocycles. The summed E-state index contributed by atoms with van der Waals surface area (Å²) in [7, 11) is 0. The Kier molecular flexibility index (Phi) is 4.97. The van der Waals surface area contributed by atoms with Crippen molar-refractivity contribution in [2.45, 2.75) is 51.4 Å². The average molecular weight is 169 g/mol. The van der Waals surface area contributed by atoms with Crippen LogP contribution in [-0.2, 0) is 0 Å². The molecule has 0 unspecified atom stereocenters. The monoisotopic (exact) mass is 169 g/mol. The largest absolute Gasteiger partial charge is 0.151 e. The third-order valence-corrected chi connectivity index (χ3v) is 2.85. The summed E-state index contributed by atoms with van der Waals surface area (Å²) < 4.78 is 0. The molecule has 1 rings (SSSR count). The molecule has 0 spiro atoms. The van der Waals surface area contributed by atoms with E-state index in [1.165, 1.54) is 44.9 Å². The summed E-state index contributed by atoms with van der Waals surface area (Å²) in [6.07, 6.45) is 10.6. The van der Waals surface area contributed by atoms with Crippen molar-refractivity contribution in [2.75, 3.05) is 6.54 Å². The lowest BCUT2D eigenvalue weighted by molar-refractivity contribution is 0.362. The SMILES string of the molecule is O=NCCC1CCCCCCC1. The van der Waals surface area contributed by atoms with Gasteiger partial charge >= 0.3 is 0 Å². The first-order valence-electron chi connectivity index (χ1n) is 5.22. The summed E-state index contributed by atoms with van der Waals surface area (Å²) >= 11 is 0. The summed E-state index contributed by atoms with van der Waals surface area (Å²) in [5.41, 5.74) is 0. The topological polar surface area (TPSA) is 29.4 Å². The average Bonchev–Trinajstić information content (AvgIpc) is 2.02. The van der Waals surface area contributed by atoms with Crippen molar-refractivity contribution in [3.8, 4) is 0 Å². The molecular formula is C10H19NO. The number of hydrogen-bond donors (Lipinski definition) is 0. The summed E-state index contributed by atoms with van der Waals surface area (Å²) in [5, 5.41) is 2.93. The van der Waals surface area contributed by atoms with E-state index >= 15 is 0 Å². The minimum atomic E-state index is 0.532. The fourth-order valence-electron chi connectivity index (χ4n) is 2.06. The van der Waals surface area contributed by atoms with Gasteiger partial charge in [-0.3, -0.25) is 0 Å². The summed E-state index contributed by atoms with van der Waals surface area (Å²) in [6, 6.07) is 0. The second-order valence-corrected chi connectivity index (χ2v) is 3.85. The van der Waals surface area contributed by atoms with E-state index in [0.717, 1.165) is 12.3 Å². The van der Waals surface area contributed by atoms with Crippen molar-refractivity contribution < 1.29 is 0 Å². The summed E-state index contributed by atoms with van der Waals surface area (Å²) in [6.45, 7) is 0.532.